The largest absolute Gasteiger partial charge is 0.338 e. The number of aromatic nitrogens is 4. The molecular weight excluding hydrogens is 318 g/mol. The maximum atomic E-state index is 12.8. The van der Waals surface area contributed by atoms with Crippen molar-refractivity contribution in [3.8, 4) is 0 Å². The van der Waals surface area contributed by atoms with Crippen LogP contribution in [0.15, 0.2) is 10.9 Å². The maximum absolute atomic E-state index is 12.8. The molecule has 1 atom stereocenters. The number of hydrogen-bond donors (Lipinski definition) is 1. The number of carbonyl (C=O) groups is 1. The van der Waals surface area contributed by atoms with Crippen LogP contribution in [0.1, 0.15) is 41.3 Å². The molecule has 0 aliphatic carbocycles. The number of carbonyl (C=O) groups excluding carboxylic acids is 1. The van der Waals surface area contributed by atoms with Gasteiger partial charge in [-0.1, -0.05) is 0 Å². The van der Waals surface area contributed by atoms with Gasteiger partial charge >= 0.3 is 0 Å². The third-order valence-corrected chi connectivity index (χ3v) is 4.85. The Kier molecular flexibility index (Phi) is 4.74. The topological polar surface area (TPSA) is 83.9 Å². The molecule has 25 heavy (non-hydrogen) atoms. The molecule has 2 aromatic heterocycles. The van der Waals surface area contributed by atoms with Gasteiger partial charge in [0.1, 0.15) is 5.82 Å². The summed E-state index contributed by atoms with van der Waals surface area (Å²) in [5, 5.41) is 4.50. The maximum Gasteiger partial charge on any atom is 0.254 e. The van der Waals surface area contributed by atoms with Crippen molar-refractivity contribution >= 4 is 5.91 Å². The van der Waals surface area contributed by atoms with Gasteiger partial charge in [-0.15, -0.1) is 0 Å². The first-order chi connectivity index (χ1) is 11.8. The van der Waals surface area contributed by atoms with E-state index in [0.717, 1.165) is 30.8 Å². The Bertz CT molecular complexity index is 852. The number of amides is 1. The molecule has 1 fully saturated rings. The van der Waals surface area contributed by atoms with Gasteiger partial charge in [0.05, 0.1) is 24.7 Å². The van der Waals surface area contributed by atoms with Crippen LogP contribution in [0.25, 0.3) is 0 Å². The highest BCUT2D eigenvalue weighted by Gasteiger charge is 2.30. The molecule has 1 aliphatic heterocycles. The van der Waals surface area contributed by atoms with E-state index in [9.17, 15) is 9.59 Å². The van der Waals surface area contributed by atoms with Crippen molar-refractivity contribution in [1.82, 2.24) is 24.6 Å². The van der Waals surface area contributed by atoms with Crippen LogP contribution in [0.3, 0.4) is 0 Å². The first-order valence-electron chi connectivity index (χ1n) is 8.72. The van der Waals surface area contributed by atoms with E-state index in [1.807, 2.05) is 29.5 Å². The van der Waals surface area contributed by atoms with Crippen LogP contribution in [0, 0.1) is 27.7 Å². The zero-order valence-corrected chi connectivity index (χ0v) is 15.3. The fourth-order valence-electron chi connectivity index (χ4n) is 3.63. The average molecular weight is 343 g/mol. The summed E-state index contributed by atoms with van der Waals surface area (Å²) in [4.78, 5) is 33.8. The molecule has 0 saturated carbocycles. The molecule has 134 valence electrons. The fraction of sp³-hybridized carbons (Fsp3) is 0.556. The summed E-state index contributed by atoms with van der Waals surface area (Å²) >= 11 is 0. The molecule has 0 bridgehead atoms. The third-order valence-electron chi connectivity index (χ3n) is 4.85. The number of aromatic amines is 1. The van der Waals surface area contributed by atoms with Crippen LogP contribution < -0.4 is 5.56 Å². The number of rotatable bonds is 4. The van der Waals surface area contributed by atoms with E-state index in [0.29, 0.717) is 23.6 Å². The minimum absolute atomic E-state index is 0.0108. The SMILES string of the molecule is Cc1cc(C)n(C[C@@H]2CCCN2C(=O)Cc2c(C)nc(C)[nH]c2=O)n1. The molecule has 0 unspecified atom stereocenters. The van der Waals surface area contributed by atoms with Crippen molar-refractivity contribution in [1.29, 1.82) is 0 Å². The Labute approximate surface area is 147 Å². The number of nitrogens with zero attached hydrogens (tertiary/aromatic N) is 4. The lowest BCUT2D eigenvalue weighted by molar-refractivity contribution is -0.131. The van der Waals surface area contributed by atoms with E-state index in [-0.39, 0.29) is 23.9 Å². The number of likely N-dealkylation sites (tertiary alicyclic amines) is 1. The van der Waals surface area contributed by atoms with Crippen molar-refractivity contribution in [2.75, 3.05) is 6.54 Å². The van der Waals surface area contributed by atoms with Crippen molar-refractivity contribution in [2.45, 2.75) is 59.5 Å². The second kappa shape index (κ2) is 6.82. The summed E-state index contributed by atoms with van der Waals surface area (Å²) in [6, 6.07) is 2.17. The normalized spacial score (nSPS) is 17.3. The Morgan fingerprint density at radius 1 is 1.32 bits per heavy atom. The lowest BCUT2D eigenvalue weighted by Gasteiger charge is -2.25. The Balaban J connectivity index is 1.75. The first-order valence-corrected chi connectivity index (χ1v) is 8.72. The summed E-state index contributed by atoms with van der Waals surface area (Å²) in [6.07, 6.45) is 2.05. The smallest absolute Gasteiger partial charge is 0.254 e. The van der Waals surface area contributed by atoms with Crippen molar-refractivity contribution < 1.29 is 4.79 Å². The second-order valence-electron chi connectivity index (χ2n) is 6.88. The van der Waals surface area contributed by atoms with Gasteiger partial charge in [0.15, 0.2) is 0 Å². The van der Waals surface area contributed by atoms with Crippen molar-refractivity contribution in [2.24, 2.45) is 0 Å². The van der Waals surface area contributed by atoms with Gasteiger partial charge < -0.3 is 9.88 Å². The van der Waals surface area contributed by atoms with E-state index >= 15 is 0 Å². The molecule has 0 aromatic carbocycles. The summed E-state index contributed by atoms with van der Waals surface area (Å²) in [5.74, 6) is 0.561. The molecule has 1 amide bonds. The van der Waals surface area contributed by atoms with Crippen LogP contribution in [0.5, 0.6) is 0 Å². The highest BCUT2D eigenvalue weighted by Crippen LogP contribution is 2.21. The van der Waals surface area contributed by atoms with Crippen molar-refractivity contribution in [3.63, 3.8) is 0 Å². The van der Waals surface area contributed by atoms with Crippen LogP contribution in [0.4, 0.5) is 0 Å². The van der Waals surface area contributed by atoms with E-state index in [4.69, 9.17) is 0 Å². The Morgan fingerprint density at radius 2 is 2.08 bits per heavy atom. The van der Waals surface area contributed by atoms with E-state index in [1.165, 1.54) is 0 Å². The number of aryl methyl sites for hydroxylation is 4. The van der Waals surface area contributed by atoms with Crippen LogP contribution in [-0.2, 0) is 17.8 Å². The highest BCUT2D eigenvalue weighted by molar-refractivity contribution is 5.79. The predicted molar refractivity (Wildman–Crippen MR) is 94.5 cm³/mol. The summed E-state index contributed by atoms with van der Waals surface area (Å²) < 4.78 is 1.97. The lowest BCUT2D eigenvalue weighted by atomic mass is 10.1. The molecule has 0 radical (unpaired) electrons. The van der Waals surface area contributed by atoms with Crippen LogP contribution in [-0.4, -0.2) is 43.1 Å². The first kappa shape index (κ1) is 17.4. The third kappa shape index (κ3) is 3.65. The monoisotopic (exact) mass is 343 g/mol. The van der Waals surface area contributed by atoms with Gasteiger partial charge in [0, 0.05) is 23.5 Å². The quantitative estimate of drug-likeness (QED) is 0.910. The second-order valence-corrected chi connectivity index (χ2v) is 6.88. The molecule has 1 N–H and O–H groups in total. The van der Waals surface area contributed by atoms with E-state index in [2.05, 4.69) is 15.1 Å². The number of hydrogen-bond acceptors (Lipinski definition) is 4. The fourth-order valence-corrected chi connectivity index (χ4v) is 3.63. The van der Waals surface area contributed by atoms with Gasteiger partial charge in [-0.05, 0) is 46.6 Å². The zero-order chi connectivity index (χ0) is 18.1. The van der Waals surface area contributed by atoms with Gasteiger partial charge in [0.25, 0.3) is 5.56 Å². The molecule has 7 nitrogen and oxygen atoms in total. The van der Waals surface area contributed by atoms with Gasteiger partial charge in [-0.25, -0.2) is 4.98 Å². The average Bonchev–Trinajstić information content (AvgIpc) is 3.10. The zero-order valence-electron chi connectivity index (χ0n) is 15.3. The van der Waals surface area contributed by atoms with Crippen LogP contribution >= 0.6 is 0 Å². The predicted octanol–water partition coefficient (Wildman–Crippen LogP) is 1.43. The number of H-pyrrole nitrogens is 1. The highest BCUT2D eigenvalue weighted by atomic mass is 16.2. The molecule has 3 rings (SSSR count). The van der Waals surface area contributed by atoms with Gasteiger partial charge in [-0.3, -0.25) is 14.3 Å². The Hall–Kier alpha value is -2.44. The minimum atomic E-state index is -0.215. The lowest BCUT2D eigenvalue weighted by Crippen LogP contribution is -2.40. The molecule has 3 heterocycles. The summed E-state index contributed by atoms with van der Waals surface area (Å²) in [6.45, 7) is 8.96. The minimum Gasteiger partial charge on any atom is -0.338 e. The summed E-state index contributed by atoms with van der Waals surface area (Å²) in [7, 11) is 0. The molecule has 0 spiro atoms. The van der Waals surface area contributed by atoms with Crippen LogP contribution in [0.2, 0.25) is 0 Å². The Morgan fingerprint density at radius 3 is 2.72 bits per heavy atom. The van der Waals surface area contributed by atoms with E-state index < -0.39 is 0 Å². The van der Waals surface area contributed by atoms with Gasteiger partial charge in [-0.2, -0.15) is 5.10 Å². The van der Waals surface area contributed by atoms with Gasteiger partial charge in [0.2, 0.25) is 5.91 Å². The summed E-state index contributed by atoms with van der Waals surface area (Å²) in [5.41, 5.74) is 2.97. The molecular formula is C18H25N5O2. The van der Waals surface area contributed by atoms with E-state index in [1.54, 1.807) is 13.8 Å². The molecule has 1 saturated heterocycles. The molecule has 1 aliphatic rings. The molecule has 7 heteroatoms. The number of nitrogens with one attached hydrogen (secondary N) is 1. The molecule has 2 aromatic rings. The standard InChI is InChI=1S/C18H25N5O2/c1-11-8-12(2)23(21-11)10-15-6-5-7-22(15)17(24)9-16-13(3)19-14(4)20-18(16)25/h8,15H,5-7,9-10H2,1-4H3,(H,19,20,25)/t15-/m0/s1. The van der Waals surface area contributed by atoms with Crippen molar-refractivity contribution in [3.05, 3.63) is 44.9 Å².